The van der Waals surface area contributed by atoms with Gasteiger partial charge in [0.2, 0.25) is 0 Å². The molecule has 1 nitrogen and oxygen atoms in total. The Labute approximate surface area is 94.5 Å². The molecule has 1 heterocycles. The van der Waals surface area contributed by atoms with Crippen LogP contribution in [0.25, 0.3) is 5.57 Å². The Morgan fingerprint density at radius 3 is 3.06 bits per heavy atom. The molecule has 0 spiro atoms. The summed E-state index contributed by atoms with van der Waals surface area (Å²) in [7, 11) is 0. The van der Waals surface area contributed by atoms with Crippen molar-refractivity contribution < 1.29 is 0 Å². The van der Waals surface area contributed by atoms with E-state index in [-0.39, 0.29) is 0 Å². The van der Waals surface area contributed by atoms with Crippen LogP contribution >= 0.6 is 0 Å². The molecule has 0 bridgehead atoms. The zero-order valence-electron chi connectivity index (χ0n) is 8.85. The molecule has 1 aliphatic heterocycles. The normalized spacial score (nSPS) is 20.6. The van der Waals surface area contributed by atoms with E-state index in [1.165, 1.54) is 10.8 Å². The molecule has 0 amide bonds. The topological polar surface area (TPSA) is 12.4 Å². The van der Waals surface area contributed by atoms with Crippen molar-refractivity contribution in [2.75, 3.05) is 0 Å². The van der Waals surface area contributed by atoms with Crippen LogP contribution in [-0.2, 0) is 0 Å². The van der Waals surface area contributed by atoms with Crippen LogP contribution in [0.1, 0.15) is 6.42 Å². The molecule has 0 saturated carbocycles. The Morgan fingerprint density at radius 2 is 2.19 bits per heavy atom. The zero-order chi connectivity index (χ0) is 11.0. The number of hydrogen-bond donors (Lipinski definition) is 0. The smallest absolute Gasteiger partial charge is 0.0713 e. The van der Waals surface area contributed by atoms with Gasteiger partial charge in [0, 0.05) is 17.6 Å². The maximum absolute atomic E-state index is 5.41. The molecule has 0 fully saturated rings. The number of benzene rings is 1. The van der Waals surface area contributed by atoms with E-state index in [9.17, 15) is 0 Å². The van der Waals surface area contributed by atoms with Gasteiger partial charge in [-0.25, -0.2) is 4.99 Å². The lowest BCUT2D eigenvalue weighted by molar-refractivity contribution is 0.860. The van der Waals surface area contributed by atoms with E-state index in [0.29, 0.717) is 5.92 Å². The summed E-state index contributed by atoms with van der Waals surface area (Å²) in [5.74, 6) is 3.06. The molecule has 0 radical (unpaired) electrons. The lowest BCUT2D eigenvalue weighted by atomic mass is 9.89. The molecule has 0 N–H and O–H groups in total. The highest BCUT2D eigenvalue weighted by Crippen LogP contribution is 2.29. The molecule has 0 aromatic heterocycles. The highest BCUT2D eigenvalue weighted by atomic mass is 14.8. The number of allylic oxidation sites excluding steroid dienone is 4. The molecule has 76 valence electrons. The molecule has 1 heteroatoms. The average Bonchev–Trinajstić information content (AvgIpc) is 2.68. The van der Waals surface area contributed by atoms with Crippen LogP contribution in [0.5, 0.6) is 0 Å². The van der Waals surface area contributed by atoms with Crippen molar-refractivity contribution >= 4 is 5.57 Å². The minimum atomic E-state index is 0.317. The number of rotatable bonds is 1. The number of para-hydroxylation sites is 1. The molecular formula is C15H11N. The molecule has 2 aliphatic rings. The lowest BCUT2D eigenvalue weighted by Gasteiger charge is -2.15. The van der Waals surface area contributed by atoms with Gasteiger partial charge in [0.1, 0.15) is 0 Å². The summed E-state index contributed by atoms with van der Waals surface area (Å²) in [4.78, 5) is 4.61. The second-order valence-corrected chi connectivity index (χ2v) is 3.99. The van der Waals surface area contributed by atoms with E-state index < -0.39 is 0 Å². The molecule has 1 unspecified atom stereocenters. The summed E-state index contributed by atoms with van der Waals surface area (Å²) < 4.78 is 0. The Morgan fingerprint density at radius 1 is 1.31 bits per heavy atom. The average molecular weight is 205 g/mol. The summed E-state index contributed by atoms with van der Waals surface area (Å²) in [5.41, 5.74) is 2.36. The van der Waals surface area contributed by atoms with Crippen LogP contribution in [0.2, 0.25) is 0 Å². The van der Waals surface area contributed by atoms with Gasteiger partial charge in [-0.15, -0.1) is 12.3 Å². The fourth-order valence-corrected chi connectivity index (χ4v) is 2.32. The number of terminal acetylenes is 1. The fourth-order valence-electron chi connectivity index (χ4n) is 2.32. The molecule has 1 aliphatic carbocycles. The number of hydrogen-bond acceptors (Lipinski definition) is 1. The zero-order valence-corrected chi connectivity index (χ0v) is 8.85. The van der Waals surface area contributed by atoms with Gasteiger partial charge >= 0.3 is 0 Å². The first-order chi connectivity index (χ1) is 7.90. The van der Waals surface area contributed by atoms with Crippen molar-refractivity contribution in [2.45, 2.75) is 6.42 Å². The summed E-state index contributed by atoms with van der Waals surface area (Å²) in [6.45, 7) is 0. The maximum Gasteiger partial charge on any atom is 0.0713 e. The molecule has 1 aromatic rings. The SMILES string of the molecule is C#CCC1C=CC=C2N=c3ccccc3=C21. The molecule has 3 rings (SSSR count). The van der Waals surface area contributed by atoms with Gasteiger partial charge in [-0.05, 0) is 17.7 Å². The van der Waals surface area contributed by atoms with Gasteiger partial charge in [-0.3, -0.25) is 0 Å². The van der Waals surface area contributed by atoms with Crippen molar-refractivity contribution in [1.82, 2.24) is 0 Å². The van der Waals surface area contributed by atoms with Crippen LogP contribution in [-0.4, -0.2) is 0 Å². The summed E-state index contributed by atoms with van der Waals surface area (Å²) >= 11 is 0. The Balaban J connectivity index is 2.29. The highest BCUT2D eigenvalue weighted by molar-refractivity contribution is 5.71. The lowest BCUT2D eigenvalue weighted by Crippen LogP contribution is -2.24. The number of fused-ring (bicyclic) bond motifs is 2. The molecule has 0 saturated heterocycles. The monoisotopic (exact) mass is 205 g/mol. The minimum Gasteiger partial charge on any atom is -0.248 e. The van der Waals surface area contributed by atoms with Crippen LogP contribution in [0.4, 0.5) is 0 Å². The van der Waals surface area contributed by atoms with Crippen LogP contribution in [0, 0.1) is 18.3 Å². The van der Waals surface area contributed by atoms with Gasteiger partial charge in [0.15, 0.2) is 0 Å². The van der Waals surface area contributed by atoms with Gasteiger partial charge in [-0.1, -0.05) is 30.4 Å². The van der Waals surface area contributed by atoms with E-state index in [1.807, 2.05) is 6.07 Å². The Kier molecular flexibility index (Phi) is 2.01. The largest absolute Gasteiger partial charge is 0.248 e. The van der Waals surface area contributed by atoms with Crippen LogP contribution in [0.15, 0.2) is 53.2 Å². The van der Waals surface area contributed by atoms with E-state index in [0.717, 1.165) is 17.5 Å². The molecular weight excluding hydrogens is 194 g/mol. The first kappa shape index (κ1) is 9.18. The third-order valence-corrected chi connectivity index (χ3v) is 3.02. The van der Waals surface area contributed by atoms with Crippen molar-refractivity contribution in [1.29, 1.82) is 0 Å². The quantitative estimate of drug-likeness (QED) is 0.617. The first-order valence-electron chi connectivity index (χ1n) is 5.40. The van der Waals surface area contributed by atoms with Crippen molar-refractivity contribution in [3.63, 3.8) is 0 Å². The van der Waals surface area contributed by atoms with Gasteiger partial charge in [-0.2, -0.15) is 0 Å². The predicted molar refractivity (Wildman–Crippen MR) is 64.8 cm³/mol. The Bertz CT molecular complexity index is 653. The van der Waals surface area contributed by atoms with E-state index in [4.69, 9.17) is 6.42 Å². The second kappa shape index (κ2) is 3.50. The second-order valence-electron chi connectivity index (χ2n) is 3.99. The van der Waals surface area contributed by atoms with Gasteiger partial charge < -0.3 is 0 Å². The third-order valence-electron chi connectivity index (χ3n) is 3.02. The van der Waals surface area contributed by atoms with E-state index in [1.54, 1.807) is 0 Å². The maximum atomic E-state index is 5.41. The Hall–Kier alpha value is -2.07. The standard InChI is InChI=1S/C15H11N/c1-2-6-11-7-5-10-14-15(11)12-8-3-4-9-13(12)16-14/h1,3-5,7-11H,6H2. The van der Waals surface area contributed by atoms with Crippen LogP contribution < -0.4 is 10.6 Å². The predicted octanol–water partition coefficient (Wildman–Crippen LogP) is 1.56. The molecule has 1 aromatic carbocycles. The number of nitrogens with zero attached hydrogens (tertiary/aromatic N) is 1. The van der Waals surface area contributed by atoms with E-state index in [2.05, 4.69) is 47.3 Å². The van der Waals surface area contributed by atoms with Crippen molar-refractivity contribution in [2.24, 2.45) is 10.9 Å². The van der Waals surface area contributed by atoms with Gasteiger partial charge in [0.25, 0.3) is 0 Å². The van der Waals surface area contributed by atoms with Crippen molar-refractivity contribution in [3.8, 4) is 12.3 Å². The van der Waals surface area contributed by atoms with Gasteiger partial charge in [0.05, 0.1) is 11.1 Å². The van der Waals surface area contributed by atoms with E-state index >= 15 is 0 Å². The summed E-state index contributed by atoms with van der Waals surface area (Å²) in [6.07, 6.45) is 12.4. The van der Waals surface area contributed by atoms with Crippen molar-refractivity contribution in [3.05, 3.63) is 58.8 Å². The highest BCUT2D eigenvalue weighted by Gasteiger charge is 2.21. The third kappa shape index (κ3) is 1.24. The molecule has 16 heavy (non-hydrogen) atoms. The summed E-state index contributed by atoms with van der Waals surface area (Å²) in [5, 5.41) is 2.30. The molecule has 1 atom stereocenters. The first-order valence-corrected chi connectivity index (χ1v) is 5.40. The van der Waals surface area contributed by atoms with Crippen LogP contribution in [0.3, 0.4) is 0 Å². The summed E-state index contributed by atoms with van der Waals surface area (Å²) in [6, 6.07) is 8.24. The minimum absolute atomic E-state index is 0.317. The fraction of sp³-hybridized carbons (Fsp3) is 0.133.